The van der Waals surface area contributed by atoms with Crippen molar-refractivity contribution in [3.05, 3.63) is 35.7 Å². The van der Waals surface area contributed by atoms with Crippen molar-refractivity contribution in [1.82, 2.24) is 14.7 Å². The Bertz CT molecular complexity index is 766. The number of carbonyl (C=O) groups is 1. The molecular formula is C21H32N4O3S. The van der Waals surface area contributed by atoms with Crippen LogP contribution in [0.4, 0.5) is 5.13 Å². The molecule has 1 heterocycles. The highest BCUT2D eigenvalue weighted by Crippen LogP contribution is 2.21. The maximum atomic E-state index is 12.3. The molecule has 0 spiro atoms. The van der Waals surface area contributed by atoms with Gasteiger partial charge in [0.25, 0.3) is 0 Å². The van der Waals surface area contributed by atoms with Crippen LogP contribution >= 0.6 is 11.5 Å². The minimum absolute atomic E-state index is 0.0507. The lowest BCUT2D eigenvalue weighted by molar-refractivity contribution is -0.121. The van der Waals surface area contributed by atoms with Crippen LogP contribution in [-0.4, -0.2) is 55.2 Å². The number of nitrogens with one attached hydrogen (secondary N) is 1. The van der Waals surface area contributed by atoms with Gasteiger partial charge in [-0.05, 0) is 30.5 Å². The first-order chi connectivity index (χ1) is 13.9. The molecule has 0 bridgehead atoms. The fourth-order valence-electron chi connectivity index (χ4n) is 2.64. The minimum atomic E-state index is 0.0507. The zero-order chi connectivity index (χ0) is 21.2. The highest BCUT2D eigenvalue weighted by Gasteiger charge is 2.16. The largest absolute Gasteiger partial charge is 0.497 e. The van der Waals surface area contributed by atoms with Crippen LogP contribution in [0, 0.1) is 5.92 Å². The van der Waals surface area contributed by atoms with Crippen LogP contribution in [0.15, 0.2) is 24.3 Å². The molecule has 1 aromatic carbocycles. The van der Waals surface area contributed by atoms with Crippen molar-refractivity contribution < 1.29 is 14.3 Å². The number of amides is 1. The van der Waals surface area contributed by atoms with Gasteiger partial charge in [-0.1, -0.05) is 26.0 Å². The summed E-state index contributed by atoms with van der Waals surface area (Å²) in [7, 11) is 3.33. The third kappa shape index (κ3) is 7.62. The number of benzene rings is 1. The van der Waals surface area contributed by atoms with Crippen LogP contribution in [0.1, 0.15) is 38.6 Å². The molecule has 0 fully saturated rings. The SMILES string of the molecule is COCCN(CCC(=O)NC(C)C(C)C)c1nc(Cc2cccc(OC)c2)ns1. The highest BCUT2D eigenvalue weighted by atomic mass is 32.1. The van der Waals surface area contributed by atoms with Gasteiger partial charge in [0, 0.05) is 50.6 Å². The van der Waals surface area contributed by atoms with Crippen molar-refractivity contribution in [2.24, 2.45) is 5.92 Å². The first-order valence-electron chi connectivity index (χ1n) is 9.91. The lowest BCUT2D eigenvalue weighted by Gasteiger charge is -2.22. The van der Waals surface area contributed by atoms with Crippen molar-refractivity contribution >= 4 is 22.6 Å². The molecule has 0 saturated heterocycles. The quantitative estimate of drug-likeness (QED) is 0.568. The smallest absolute Gasteiger partial charge is 0.221 e. The normalized spacial score (nSPS) is 12.1. The molecule has 1 atom stereocenters. The number of hydrogen-bond acceptors (Lipinski definition) is 7. The van der Waals surface area contributed by atoms with Gasteiger partial charge in [-0.3, -0.25) is 4.79 Å². The maximum Gasteiger partial charge on any atom is 0.221 e. The van der Waals surface area contributed by atoms with E-state index in [0.717, 1.165) is 22.3 Å². The van der Waals surface area contributed by atoms with Crippen LogP contribution in [0.2, 0.25) is 0 Å². The van der Waals surface area contributed by atoms with E-state index in [0.29, 0.717) is 38.5 Å². The molecule has 0 aliphatic carbocycles. The van der Waals surface area contributed by atoms with E-state index in [1.807, 2.05) is 31.2 Å². The van der Waals surface area contributed by atoms with Crippen LogP contribution in [0.25, 0.3) is 0 Å². The number of ether oxygens (including phenoxy) is 2. The summed E-state index contributed by atoms with van der Waals surface area (Å²) in [6.45, 7) is 8.03. The van der Waals surface area contributed by atoms with Gasteiger partial charge in [-0.15, -0.1) is 0 Å². The van der Waals surface area contributed by atoms with E-state index in [1.54, 1.807) is 14.2 Å². The van der Waals surface area contributed by atoms with E-state index in [9.17, 15) is 4.79 Å². The molecule has 7 nitrogen and oxygen atoms in total. The predicted octanol–water partition coefficient (Wildman–Crippen LogP) is 3.14. The number of anilines is 1. The van der Waals surface area contributed by atoms with E-state index in [-0.39, 0.29) is 11.9 Å². The zero-order valence-electron chi connectivity index (χ0n) is 18.0. The van der Waals surface area contributed by atoms with Gasteiger partial charge in [0.15, 0.2) is 0 Å². The lowest BCUT2D eigenvalue weighted by Crippen LogP contribution is -2.38. The van der Waals surface area contributed by atoms with E-state index in [4.69, 9.17) is 9.47 Å². The van der Waals surface area contributed by atoms with E-state index < -0.39 is 0 Å². The zero-order valence-corrected chi connectivity index (χ0v) is 18.8. The van der Waals surface area contributed by atoms with E-state index >= 15 is 0 Å². The molecule has 2 rings (SSSR count). The monoisotopic (exact) mass is 420 g/mol. The third-order valence-corrected chi connectivity index (χ3v) is 5.60. The number of carbonyl (C=O) groups excluding carboxylic acids is 1. The number of aromatic nitrogens is 2. The third-order valence-electron chi connectivity index (χ3n) is 4.79. The molecule has 0 radical (unpaired) electrons. The second kappa shape index (κ2) is 11.7. The van der Waals surface area contributed by atoms with Gasteiger partial charge in [-0.2, -0.15) is 4.37 Å². The van der Waals surface area contributed by atoms with Crippen molar-refractivity contribution in [3.8, 4) is 5.75 Å². The number of nitrogens with zero attached hydrogens (tertiary/aromatic N) is 3. The van der Waals surface area contributed by atoms with Crippen molar-refractivity contribution in [2.75, 3.05) is 38.8 Å². The summed E-state index contributed by atoms with van der Waals surface area (Å²) < 4.78 is 15.0. The van der Waals surface area contributed by atoms with Gasteiger partial charge >= 0.3 is 0 Å². The number of methoxy groups -OCH3 is 2. The lowest BCUT2D eigenvalue weighted by atomic mass is 10.1. The van der Waals surface area contributed by atoms with Crippen LogP contribution < -0.4 is 15.0 Å². The van der Waals surface area contributed by atoms with Gasteiger partial charge in [0.2, 0.25) is 11.0 Å². The Morgan fingerprint density at radius 2 is 2.03 bits per heavy atom. The van der Waals surface area contributed by atoms with Gasteiger partial charge in [0.05, 0.1) is 13.7 Å². The molecular weight excluding hydrogens is 388 g/mol. The summed E-state index contributed by atoms with van der Waals surface area (Å²) in [4.78, 5) is 19.0. The Morgan fingerprint density at radius 3 is 2.72 bits per heavy atom. The molecule has 1 amide bonds. The minimum Gasteiger partial charge on any atom is -0.497 e. The molecule has 1 N–H and O–H groups in total. The van der Waals surface area contributed by atoms with Crippen LogP contribution in [0.5, 0.6) is 5.75 Å². The summed E-state index contributed by atoms with van der Waals surface area (Å²) in [6, 6.07) is 8.06. The average Bonchev–Trinajstić information content (AvgIpc) is 3.16. The first-order valence-corrected chi connectivity index (χ1v) is 10.7. The molecule has 2 aromatic rings. The Hall–Kier alpha value is -2.19. The van der Waals surface area contributed by atoms with Gasteiger partial charge in [0.1, 0.15) is 11.6 Å². The van der Waals surface area contributed by atoms with Crippen molar-refractivity contribution in [1.29, 1.82) is 0 Å². The molecule has 160 valence electrons. The average molecular weight is 421 g/mol. The van der Waals surface area contributed by atoms with E-state index in [2.05, 4.69) is 33.4 Å². The second-order valence-electron chi connectivity index (χ2n) is 7.35. The molecule has 0 saturated carbocycles. The summed E-state index contributed by atoms with van der Waals surface area (Å²) in [5.41, 5.74) is 1.10. The van der Waals surface area contributed by atoms with Crippen LogP contribution in [0.3, 0.4) is 0 Å². The summed E-state index contributed by atoms with van der Waals surface area (Å²) in [6.07, 6.45) is 1.05. The fraction of sp³-hybridized carbons (Fsp3) is 0.571. The second-order valence-corrected chi connectivity index (χ2v) is 8.08. The molecule has 29 heavy (non-hydrogen) atoms. The number of hydrogen-bond donors (Lipinski definition) is 1. The summed E-state index contributed by atoms with van der Waals surface area (Å²) in [5.74, 6) is 2.04. The maximum absolute atomic E-state index is 12.3. The fourth-order valence-corrected chi connectivity index (χ4v) is 3.38. The Balaban J connectivity index is 1.99. The topological polar surface area (TPSA) is 76.6 Å². The Kier molecular flexibility index (Phi) is 9.34. The van der Waals surface area contributed by atoms with E-state index in [1.165, 1.54) is 11.5 Å². The standard InChI is InChI=1S/C21H32N4O3S/c1-15(2)16(3)22-20(26)9-10-25(11-12-27-4)21-23-19(24-29-21)14-17-7-6-8-18(13-17)28-5/h6-8,13,15-16H,9-12,14H2,1-5H3,(H,22,26). The summed E-state index contributed by atoms with van der Waals surface area (Å²) >= 11 is 1.35. The molecule has 0 aliphatic rings. The molecule has 8 heteroatoms. The Labute approximate surface area is 177 Å². The van der Waals surface area contributed by atoms with Gasteiger partial charge < -0.3 is 19.7 Å². The van der Waals surface area contributed by atoms with Crippen LogP contribution in [-0.2, 0) is 16.0 Å². The summed E-state index contributed by atoms with van der Waals surface area (Å²) in [5, 5.41) is 3.86. The number of rotatable bonds is 12. The molecule has 0 aliphatic heterocycles. The molecule has 1 aromatic heterocycles. The van der Waals surface area contributed by atoms with Crippen molar-refractivity contribution in [2.45, 2.75) is 39.7 Å². The highest BCUT2D eigenvalue weighted by molar-refractivity contribution is 7.09. The molecule has 1 unspecified atom stereocenters. The van der Waals surface area contributed by atoms with Crippen molar-refractivity contribution in [3.63, 3.8) is 0 Å². The first kappa shape index (κ1) is 23.1. The Morgan fingerprint density at radius 1 is 1.24 bits per heavy atom. The predicted molar refractivity (Wildman–Crippen MR) is 117 cm³/mol. The van der Waals surface area contributed by atoms with Gasteiger partial charge in [-0.25, -0.2) is 4.98 Å².